The number of nitrogens with two attached hydrogens (primary N) is 1. The van der Waals surface area contributed by atoms with Gasteiger partial charge in [0.1, 0.15) is 5.82 Å². The van der Waals surface area contributed by atoms with Crippen molar-refractivity contribution in [2.75, 3.05) is 19.8 Å². The molecule has 0 fully saturated rings. The van der Waals surface area contributed by atoms with E-state index in [1.54, 1.807) is 0 Å². The lowest BCUT2D eigenvalue weighted by atomic mass is 10.2. The maximum atomic E-state index is 12.6. The van der Waals surface area contributed by atoms with Gasteiger partial charge in [-0.15, -0.1) is 12.4 Å². The molecule has 1 rings (SSSR count). The lowest BCUT2D eigenvalue weighted by Gasteiger charge is -2.15. The summed E-state index contributed by atoms with van der Waals surface area (Å²) in [7, 11) is -0.520. The largest absolute Gasteiger partial charge is 0.322 e. The van der Waals surface area contributed by atoms with Crippen molar-refractivity contribution in [3.63, 3.8) is 0 Å². The molecule has 0 saturated heterocycles. The maximum Gasteiger partial charge on any atom is 0.215 e. The van der Waals surface area contributed by atoms with Crippen LogP contribution in [0.2, 0.25) is 0 Å². The van der Waals surface area contributed by atoms with Crippen LogP contribution in [0.5, 0.6) is 0 Å². The van der Waals surface area contributed by atoms with Crippen LogP contribution in [0.1, 0.15) is 11.7 Å². The first-order valence-corrected chi connectivity index (χ1v) is 6.21. The van der Waals surface area contributed by atoms with E-state index in [1.807, 2.05) is 0 Å². The van der Waals surface area contributed by atoms with Gasteiger partial charge in [0.15, 0.2) is 0 Å². The summed E-state index contributed by atoms with van der Waals surface area (Å²) >= 11 is 0. The smallest absolute Gasteiger partial charge is 0.215 e. The highest BCUT2D eigenvalue weighted by molar-refractivity contribution is 7.89. The van der Waals surface area contributed by atoms with E-state index in [0.717, 1.165) is 10.5 Å². The molecule has 0 saturated carbocycles. The number of hydrogen-bond acceptors (Lipinski definition) is 4. The molecule has 0 radical (unpaired) electrons. The predicted octanol–water partition coefficient (Wildman–Crippen LogP) is 0.534. The molecule has 1 atom stereocenters. The molecule has 0 bridgehead atoms. The van der Waals surface area contributed by atoms with Crippen LogP contribution in [0.25, 0.3) is 0 Å². The fourth-order valence-electron chi connectivity index (χ4n) is 1.07. The first-order chi connectivity index (χ1) is 7.33. The normalized spacial score (nSPS) is 13.2. The van der Waals surface area contributed by atoms with Gasteiger partial charge in [0.05, 0.1) is 23.7 Å². The van der Waals surface area contributed by atoms with Crippen LogP contribution in [-0.2, 0) is 10.0 Å². The molecule has 0 aliphatic heterocycles. The van der Waals surface area contributed by atoms with Crippen LogP contribution in [0, 0.1) is 5.82 Å². The Morgan fingerprint density at radius 3 is 2.47 bits per heavy atom. The highest BCUT2D eigenvalue weighted by Crippen LogP contribution is 2.11. The van der Waals surface area contributed by atoms with E-state index < -0.39 is 21.9 Å². The van der Waals surface area contributed by atoms with Crippen LogP contribution < -0.4 is 5.73 Å². The molecule has 17 heavy (non-hydrogen) atoms. The maximum absolute atomic E-state index is 12.6. The molecule has 1 heterocycles. The number of pyridine rings is 1. The van der Waals surface area contributed by atoms with Crippen molar-refractivity contribution in [2.45, 2.75) is 6.04 Å². The van der Waals surface area contributed by atoms with E-state index in [0.29, 0.717) is 5.69 Å². The molecule has 1 unspecified atom stereocenters. The standard InChI is InChI=1S/C9H14FN3O2S.ClH/c1-13(2)16(14,15)6-8(11)9-4-3-7(10)5-12-9;/h3-5,8H,6,11H2,1-2H3;1H. The average Bonchev–Trinajstić information content (AvgIpc) is 2.17. The van der Waals surface area contributed by atoms with Gasteiger partial charge in [-0.3, -0.25) is 4.98 Å². The zero-order valence-corrected chi connectivity index (χ0v) is 11.1. The van der Waals surface area contributed by atoms with Crippen molar-refractivity contribution in [1.82, 2.24) is 9.29 Å². The predicted molar refractivity (Wildman–Crippen MR) is 65.8 cm³/mol. The molecule has 5 nitrogen and oxygen atoms in total. The Balaban J connectivity index is 0.00000256. The van der Waals surface area contributed by atoms with Crippen LogP contribution in [0.15, 0.2) is 18.3 Å². The molecule has 0 aromatic carbocycles. The second-order valence-corrected chi connectivity index (χ2v) is 5.80. The van der Waals surface area contributed by atoms with Crippen molar-refractivity contribution < 1.29 is 12.8 Å². The molecule has 1 aromatic rings. The van der Waals surface area contributed by atoms with Crippen molar-refractivity contribution in [2.24, 2.45) is 5.73 Å². The molecular formula is C9H15ClFN3O2S. The molecule has 1 aromatic heterocycles. The third kappa shape index (κ3) is 4.55. The van der Waals surface area contributed by atoms with Gasteiger partial charge in [-0.25, -0.2) is 17.1 Å². The summed E-state index contributed by atoms with van der Waals surface area (Å²) < 4.78 is 36.7. The molecular weight excluding hydrogens is 269 g/mol. The van der Waals surface area contributed by atoms with E-state index in [4.69, 9.17) is 5.73 Å². The number of sulfonamides is 1. The lowest BCUT2D eigenvalue weighted by Crippen LogP contribution is -2.31. The minimum Gasteiger partial charge on any atom is -0.322 e. The Morgan fingerprint density at radius 1 is 1.47 bits per heavy atom. The Labute approximate surface area is 106 Å². The second kappa shape index (κ2) is 6.25. The third-order valence-corrected chi connectivity index (χ3v) is 3.97. The minimum absolute atomic E-state index is 0. The third-order valence-electron chi connectivity index (χ3n) is 2.08. The van der Waals surface area contributed by atoms with Gasteiger partial charge in [-0.05, 0) is 12.1 Å². The van der Waals surface area contributed by atoms with Crippen molar-refractivity contribution >= 4 is 22.4 Å². The zero-order valence-electron chi connectivity index (χ0n) is 9.50. The highest BCUT2D eigenvalue weighted by Gasteiger charge is 2.20. The van der Waals surface area contributed by atoms with Gasteiger partial charge in [-0.2, -0.15) is 0 Å². The number of halogens is 2. The van der Waals surface area contributed by atoms with Gasteiger partial charge in [-0.1, -0.05) is 0 Å². The number of hydrogen-bond donors (Lipinski definition) is 1. The topological polar surface area (TPSA) is 76.3 Å². The fraction of sp³-hybridized carbons (Fsp3) is 0.444. The molecule has 98 valence electrons. The average molecular weight is 284 g/mol. The first kappa shape index (κ1) is 16.2. The van der Waals surface area contributed by atoms with Crippen LogP contribution >= 0.6 is 12.4 Å². The number of nitrogens with zero attached hydrogens (tertiary/aromatic N) is 2. The minimum atomic E-state index is -3.38. The monoisotopic (exact) mass is 283 g/mol. The van der Waals surface area contributed by atoms with E-state index in [-0.39, 0.29) is 18.2 Å². The lowest BCUT2D eigenvalue weighted by molar-refractivity contribution is 0.514. The van der Waals surface area contributed by atoms with Crippen LogP contribution in [-0.4, -0.2) is 37.6 Å². The molecule has 0 amide bonds. The number of rotatable bonds is 4. The molecule has 0 spiro atoms. The van der Waals surface area contributed by atoms with Crippen molar-refractivity contribution in [3.8, 4) is 0 Å². The highest BCUT2D eigenvalue weighted by atomic mass is 35.5. The van der Waals surface area contributed by atoms with Gasteiger partial charge in [0.2, 0.25) is 10.0 Å². The molecule has 0 aliphatic carbocycles. The van der Waals surface area contributed by atoms with Crippen molar-refractivity contribution in [3.05, 3.63) is 29.8 Å². The Hall–Kier alpha value is -0.760. The summed E-state index contributed by atoms with van der Waals surface area (Å²) in [6.45, 7) is 0. The Morgan fingerprint density at radius 2 is 2.06 bits per heavy atom. The van der Waals surface area contributed by atoms with Crippen LogP contribution in [0.3, 0.4) is 0 Å². The summed E-state index contributed by atoms with van der Waals surface area (Å²) in [4.78, 5) is 3.74. The summed E-state index contributed by atoms with van der Waals surface area (Å²) in [5, 5.41) is 0. The Kier molecular flexibility index (Phi) is 5.97. The summed E-state index contributed by atoms with van der Waals surface area (Å²) in [5.74, 6) is -0.732. The van der Waals surface area contributed by atoms with E-state index in [1.165, 1.54) is 26.2 Å². The van der Waals surface area contributed by atoms with E-state index >= 15 is 0 Å². The Bertz CT molecular complexity index is 450. The summed E-state index contributed by atoms with van der Waals surface area (Å²) in [6.07, 6.45) is 1.01. The fourth-order valence-corrected chi connectivity index (χ4v) is 1.99. The summed E-state index contributed by atoms with van der Waals surface area (Å²) in [5.41, 5.74) is 6.03. The van der Waals surface area contributed by atoms with Gasteiger partial charge in [0, 0.05) is 14.1 Å². The quantitative estimate of drug-likeness (QED) is 0.875. The van der Waals surface area contributed by atoms with E-state index in [2.05, 4.69) is 4.98 Å². The van der Waals surface area contributed by atoms with Crippen LogP contribution in [0.4, 0.5) is 4.39 Å². The summed E-state index contributed by atoms with van der Waals surface area (Å²) in [6, 6.07) is 1.82. The van der Waals surface area contributed by atoms with Gasteiger partial charge < -0.3 is 5.73 Å². The van der Waals surface area contributed by atoms with Gasteiger partial charge >= 0.3 is 0 Å². The molecule has 0 aliphatic rings. The van der Waals surface area contributed by atoms with E-state index in [9.17, 15) is 12.8 Å². The van der Waals surface area contributed by atoms with Crippen molar-refractivity contribution in [1.29, 1.82) is 0 Å². The zero-order chi connectivity index (χ0) is 12.3. The molecule has 8 heteroatoms. The second-order valence-electron chi connectivity index (χ2n) is 3.57. The molecule has 2 N–H and O–H groups in total. The van der Waals surface area contributed by atoms with Gasteiger partial charge in [0.25, 0.3) is 0 Å². The number of aromatic nitrogens is 1. The first-order valence-electron chi connectivity index (χ1n) is 4.60. The SMILES string of the molecule is CN(C)S(=O)(=O)CC(N)c1ccc(F)cn1.Cl.